The first kappa shape index (κ1) is 17.0. The van der Waals surface area contributed by atoms with Gasteiger partial charge in [-0.05, 0) is 55.3 Å². The molecule has 0 saturated heterocycles. The smallest absolute Gasteiger partial charge is 0.199 e. The number of thiophene rings is 1. The molecule has 0 bridgehead atoms. The van der Waals surface area contributed by atoms with Gasteiger partial charge in [-0.2, -0.15) is 0 Å². The van der Waals surface area contributed by atoms with Gasteiger partial charge in [0.25, 0.3) is 0 Å². The molecule has 0 spiro atoms. The SMILES string of the molecule is CCn1c(-c2cccs2)nn(CN(C)Cc2cccc(F)c2)c1=S. The third kappa shape index (κ3) is 3.63. The summed E-state index contributed by atoms with van der Waals surface area (Å²) in [7, 11) is 1.97. The van der Waals surface area contributed by atoms with Crippen LogP contribution in [-0.4, -0.2) is 26.3 Å². The molecule has 0 saturated carbocycles. The van der Waals surface area contributed by atoms with Crippen LogP contribution in [0.5, 0.6) is 0 Å². The van der Waals surface area contributed by atoms with Crippen molar-refractivity contribution < 1.29 is 4.39 Å². The molecule has 4 nitrogen and oxygen atoms in total. The van der Waals surface area contributed by atoms with Crippen LogP contribution in [-0.2, 0) is 19.8 Å². The zero-order chi connectivity index (χ0) is 17.1. The summed E-state index contributed by atoms with van der Waals surface area (Å²) < 4.78 is 17.9. The molecule has 7 heteroatoms. The van der Waals surface area contributed by atoms with Gasteiger partial charge in [0, 0.05) is 13.1 Å². The predicted octanol–water partition coefficient (Wildman–Crippen LogP) is 4.39. The van der Waals surface area contributed by atoms with Gasteiger partial charge in [0.15, 0.2) is 10.6 Å². The van der Waals surface area contributed by atoms with E-state index >= 15 is 0 Å². The predicted molar refractivity (Wildman–Crippen MR) is 97.9 cm³/mol. The number of rotatable bonds is 6. The van der Waals surface area contributed by atoms with Crippen LogP contribution in [0.15, 0.2) is 41.8 Å². The van der Waals surface area contributed by atoms with E-state index in [1.807, 2.05) is 33.8 Å². The van der Waals surface area contributed by atoms with Gasteiger partial charge in [-0.15, -0.1) is 16.4 Å². The van der Waals surface area contributed by atoms with Crippen molar-refractivity contribution in [3.8, 4) is 10.7 Å². The summed E-state index contributed by atoms with van der Waals surface area (Å²) >= 11 is 7.22. The molecule has 24 heavy (non-hydrogen) atoms. The van der Waals surface area contributed by atoms with E-state index in [0.717, 1.165) is 22.8 Å². The normalized spacial score (nSPS) is 11.3. The van der Waals surface area contributed by atoms with Gasteiger partial charge in [0.2, 0.25) is 0 Å². The van der Waals surface area contributed by atoms with Crippen LogP contribution in [0.25, 0.3) is 10.7 Å². The fraction of sp³-hybridized carbons (Fsp3) is 0.294. The minimum atomic E-state index is -0.215. The molecular formula is C17H19FN4S2. The maximum atomic E-state index is 13.3. The summed E-state index contributed by atoms with van der Waals surface area (Å²) in [5.74, 6) is 0.685. The Morgan fingerprint density at radius 2 is 2.12 bits per heavy atom. The quantitative estimate of drug-likeness (QED) is 0.608. The Morgan fingerprint density at radius 3 is 2.79 bits per heavy atom. The molecule has 0 atom stereocenters. The highest BCUT2D eigenvalue weighted by atomic mass is 32.1. The molecule has 0 aliphatic carbocycles. The summed E-state index contributed by atoms with van der Waals surface area (Å²) in [6, 6.07) is 10.7. The van der Waals surface area contributed by atoms with E-state index in [9.17, 15) is 4.39 Å². The molecule has 0 aliphatic heterocycles. The summed E-state index contributed by atoms with van der Waals surface area (Å²) in [6.45, 7) is 4.03. The van der Waals surface area contributed by atoms with Crippen molar-refractivity contribution in [2.75, 3.05) is 7.05 Å². The topological polar surface area (TPSA) is 26.0 Å². The monoisotopic (exact) mass is 362 g/mol. The lowest BCUT2D eigenvalue weighted by Gasteiger charge is -2.16. The summed E-state index contributed by atoms with van der Waals surface area (Å²) in [4.78, 5) is 3.17. The van der Waals surface area contributed by atoms with Gasteiger partial charge in [-0.3, -0.25) is 9.47 Å². The third-order valence-electron chi connectivity index (χ3n) is 3.70. The van der Waals surface area contributed by atoms with Crippen LogP contribution < -0.4 is 0 Å². The number of hydrogen-bond acceptors (Lipinski definition) is 4. The first-order chi connectivity index (χ1) is 11.6. The molecule has 1 aromatic carbocycles. The van der Waals surface area contributed by atoms with Crippen LogP contribution in [0.3, 0.4) is 0 Å². The molecule has 126 valence electrons. The molecular weight excluding hydrogens is 343 g/mol. The Bertz CT molecular complexity index is 867. The Balaban J connectivity index is 1.81. The van der Waals surface area contributed by atoms with E-state index in [2.05, 4.69) is 17.9 Å². The van der Waals surface area contributed by atoms with Crippen LogP contribution >= 0.6 is 23.6 Å². The second kappa shape index (κ2) is 7.38. The van der Waals surface area contributed by atoms with Crippen LogP contribution in [0.1, 0.15) is 12.5 Å². The van der Waals surface area contributed by atoms with Gasteiger partial charge in [-0.1, -0.05) is 18.2 Å². The molecule has 3 rings (SSSR count). The summed E-state index contributed by atoms with van der Waals surface area (Å²) in [5.41, 5.74) is 0.928. The minimum absolute atomic E-state index is 0.215. The Hall–Kier alpha value is -1.83. The van der Waals surface area contributed by atoms with Crippen LogP contribution in [0.2, 0.25) is 0 Å². The fourth-order valence-electron chi connectivity index (χ4n) is 2.63. The highest BCUT2D eigenvalue weighted by Crippen LogP contribution is 2.23. The van der Waals surface area contributed by atoms with Crippen molar-refractivity contribution in [1.82, 2.24) is 19.2 Å². The zero-order valence-corrected chi connectivity index (χ0v) is 15.3. The van der Waals surface area contributed by atoms with Crippen molar-refractivity contribution >= 4 is 23.6 Å². The Labute approximate surface area is 149 Å². The largest absolute Gasteiger partial charge is 0.300 e. The van der Waals surface area contributed by atoms with Crippen molar-refractivity contribution in [2.45, 2.75) is 26.7 Å². The van der Waals surface area contributed by atoms with Gasteiger partial charge in [0.05, 0.1) is 11.5 Å². The molecule has 3 aromatic rings. The van der Waals surface area contributed by atoms with E-state index in [1.54, 1.807) is 23.5 Å². The molecule has 0 amide bonds. The maximum Gasteiger partial charge on any atom is 0.199 e. The Kier molecular flexibility index (Phi) is 5.23. The number of hydrogen-bond donors (Lipinski definition) is 0. The number of aromatic nitrogens is 3. The van der Waals surface area contributed by atoms with Crippen LogP contribution in [0.4, 0.5) is 4.39 Å². The van der Waals surface area contributed by atoms with E-state index in [1.165, 1.54) is 6.07 Å². The summed E-state index contributed by atoms with van der Waals surface area (Å²) in [5, 5.41) is 6.73. The number of benzene rings is 1. The van der Waals surface area contributed by atoms with E-state index in [-0.39, 0.29) is 5.82 Å². The van der Waals surface area contributed by atoms with Gasteiger partial charge in [0.1, 0.15) is 5.82 Å². The average Bonchev–Trinajstić information content (AvgIpc) is 3.16. The second-order valence-corrected chi connectivity index (χ2v) is 6.93. The van der Waals surface area contributed by atoms with Crippen molar-refractivity contribution in [2.24, 2.45) is 0 Å². The van der Waals surface area contributed by atoms with Crippen molar-refractivity contribution in [1.29, 1.82) is 0 Å². The fourth-order valence-corrected chi connectivity index (χ4v) is 3.66. The minimum Gasteiger partial charge on any atom is -0.300 e. The molecule has 0 N–H and O–H groups in total. The van der Waals surface area contributed by atoms with Gasteiger partial charge in [-0.25, -0.2) is 9.07 Å². The second-order valence-electron chi connectivity index (χ2n) is 5.61. The van der Waals surface area contributed by atoms with Crippen LogP contribution in [0, 0.1) is 10.6 Å². The average molecular weight is 362 g/mol. The van der Waals surface area contributed by atoms with Crippen molar-refractivity contribution in [3.63, 3.8) is 0 Å². The first-order valence-electron chi connectivity index (χ1n) is 7.73. The maximum absolute atomic E-state index is 13.3. The first-order valence-corrected chi connectivity index (χ1v) is 9.01. The van der Waals surface area contributed by atoms with Crippen molar-refractivity contribution in [3.05, 3.63) is 57.9 Å². The highest BCUT2D eigenvalue weighted by Gasteiger charge is 2.13. The molecule has 0 unspecified atom stereocenters. The zero-order valence-electron chi connectivity index (χ0n) is 13.6. The van der Waals surface area contributed by atoms with E-state index < -0.39 is 0 Å². The third-order valence-corrected chi connectivity index (χ3v) is 4.99. The standard InChI is InChI=1S/C17H19FN4S2/c1-3-21-16(15-8-5-9-24-15)19-22(17(21)23)12-20(2)11-13-6-4-7-14(18)10-13/h4-10H,3,11-12H2,1-2H3. The lowest BCUT2D eigenvalue weighted by molar-refractivity contribution is 0.243. The summed E-state index contributed by atoms with van der Waals surface area (Å²) in [6.07, 6.45) is 0. The van der Waals surface area contributed by atoms with E-state index in [4.69, 9.17) is 17.3 Å². The lowest BCUT2D eigenvalue weighted by atomic mass is 10.2. The van der Waals surface area contributed by atoms with Gasteiger partial charge >= 0.3 is 0 Å². The van der Waals surface area contributed by atoms with Gasteiger partial charge < -0.3 is 0 Å². The molecule has 0 fully saturated rings. The highest BCUT2D eigenvalue weighted by molar-refractivity contribution is 7.71. The number of nitrogens with zero attached hydrogens (tertiary/aromatic N) is 4. The lowest BCUT2D eigenvalue weighted by Crippen LogP contribution is -2.22. The molecule has 2 heterocycles. The van der Waals surface area contributed by atoms with E-state index in [0.29, 0.717) is 18.0 Å². The Morgan fingerprint density at radius 1 is 1.29 bits per heavy atom. The molecule has 0 radical (unpaired) electrons. The number of halogens is 1. The molecule has 2 aromatic heterocycles. The molecule has 0 aliphatic rings.